The highest BCUT2D eigenvalue weighted by atomic mass is 16.3. The van der Waals surface area contributed by atoms with Crippen LogP contribution in [0, 0.1) is 6.92 Å². The molecule has 3 amide bonds. The van der Waals surface area contributed by atoms with Crippen molar-refractivity contribution in [1.29, 1.82) is 0 Å². The van der Waals surface area contributed by atoms with Crippen molar-refractivity contribution in [1.82, 2.24) is 10.2 Å². The zero-order chi connectivity index (χ0) is 13.3. The molecule has 96 valence electrons. The molecule has 0 aliphatic carbocycles. The molecule has 1 atom stereocenters. The van der Waals surface area contributed by atoms with Gasteiger partial charge in [-0.05, 0) is 19.4 Å². The van der Waals surface area contributed by atoms with Crippen molar-refractivity contribution in [2.45, 2.75) is 26.3 Å². The molecule has 1 unspecified atom stereocenters. The highest BCUT2D eigenvalue weighted by Crippen LogP contribution is 2.17. The van der Waals surface area contributed by atoms with Crippen molar-refractivity contribution in [2.24, 2.45) is 0 Å². The lowest BCUT2D eigenvalue weighted by Gasteiger charge is -2.32. The number of imide groups is 1. The Morgan fingerprint density at radius 1 is 1.56 bits per heavy atom. The van der Waals surface area contributed by atoms with Gasteiger partial charge in [0.25, 0.3) is 5.91 Å². The first-order valence-corrected chi connectivity index (χ1v) is 5.73. The van der Waals surface area contributed by atoms with Crippen molar-refractivity contribution in [3.8, 4) is 0 Å². The molecule has 1 N–H and O–H groups in total. The summed E-state index contributed by atoms with van der Waals surface area (Å²) in [6.07, 6.45) is 1.86. The van der Waals surface area contributed by atoms with Gasteiger partial charge in [-0.25, -0.2) is 0 Å². The monoisotopic (exact) mass is 250 g/mol. The van der Waals surface area contributed by atoms with Gasteiger partial charge in [0.15, 0.2) is 5.76 Å². The van der Waals surface area contributed by atoms with Gasteiger partial charge in [0.1, 0.15) is 12.6 Å². The standard InChI is InChI=1S/C12H14N2O4/c1-3-8-11(16)13-9(15)6-14(8)12(17)10-7(2)4-5-18-10/h4-5,8H,3,6H2,1-2H3,(H,13,15,16). The van der Waals surface area contributed by atoms with Crippen LogP contribution in [-0.4, -0.2) is 35.2 Å². The second-order valence-corrected chi connectivity index (χ2v) is 4.20. The van der Waals surface area contributed by atoms with Gasteiger partial charge in [-0.1, -0.05) is 6.92 Å². The predicted octanol–water partition coefficient (Wildman–Crippen LogP) is 0.465. The van der Waals surface area contributed by atoms with Gasteiger partial charge in [-0.15, -0.1) is 0 Å². The molecule has 1 saturated heterocycles. The summed E-state index contributed by atoms with van der Waals surface area (Å²) in [6, 6.07) is 1.04. The quantitative estimate of drug-likeness (QED) is 0.773. The molecule has 6 heteroatoms. The van der Waals surface area contributed by atoms with Crippen LogP contribution < -0.4 is 5.32 Å². The normalized spacial score (nSPS) is 19.9. The molecule has 1 aliphatic heterocycles. The second-order valence-electron chi connectivity index (χ2n) is 4.20. The van der Waals surface area contributed by atoms with E-state index in [4.69, 9.17) is 4.42 Å². The fourth-order valence-corrected chi connectivity index (χ4v) is 2.01. The number of hydrogen-bond donors (Lipinski definition) is 1. The van der Waals surface area contributed by atoms with E-state index in [0.717, 1.165) is 0 Å². The van der Waals surface area contributed by atoms with Crippen LogP contribution in [0.3, 0.4) is 0 Å². The maximum atomic E-state index is 12.2. The Bertz CT molecular complexity index is 506. The molecular weight excluding hydrogens is 236 g/mol. The Morgan fingerprint density at radius 2 is 2.28 bits per heavy atom. The molecule has 2 heterocycles. The third-order valence-corrected chi connectivity index (χ3v) is 2.96. The van der Waals surface area contributed by atoms with Crippen molar-refractivity contribution >= 4 is 17.7 Å². The van der Waals surface area contributed by atoms with E-state index >= 15 is 0 Å². The highest BCUT2D eigenvalue weighted by Gasteiger charge is 2.37. The molecule has 2 rings (SSSR count). The van der Waals surface area contributed by atoms with Gasteiger partial charge in [0.05, 0.1) is 6.26 Å². The third kappa shape index (κ3) is 2.01. The minimum absolute atomic E-state index is 0.122. The molecule has 0 radical (unpaired) electrons. The molecule has 1 fully saturated rings. The van der Waals surface area contributed by atoms with E-state index in [0.29, 0.717) is 12.0 Å². The number of carbonyl (C=O) groups is 3. The van der Waals surface area contributed by atoms with E-state index in [-0.39, 0.29) is 12.3 Å². The van der Waals surface area contributed by atoms with Crippen LogP contribution >= 0.6 is 0 Å². The average molecular weight is 250 g/mol. The maximum Gasteiger partial charge on any atom is 0.290 e. The number of nitrogens with zero attached hydrogens (tertiary/aromatic N) is 1. The number of rotatable bonds is 2. The second kappa shape index (κ2) is 4.64. The molecule has 0 bridgehead atoms. The van der Waals surface area contributed by atoms with Gasteiger partial charge < -0.3 is 9.32 Å². The topological polar surface area (TPSA) is 79.6 Å². The number of carbonyl (C=O) groups excluding carboxylic acids is 3. The summed E-state index contributed by atoms with van der Waals surface area (Å²) in [4.78, 5) is 36.5. The first kappa shape index (κ1) is 12.3. The largest absolute Gasteiger partial charge is 0.459 e. The molecule has 18 heavy (non-hydrogen) atoms. The SMILES string of the molecule is CCC1C(=O)NC(=O)CN1C(=O)c1occc1C. The predicted molar refractivity (Wildman–Crippen MR) is 61.7 cm³/mol. The number of hydrogen-bond acceptors (Lipinski definition) is 4. The molecule has 1 aromatic heterocycles. The first-order valence-electron chi connectivity index (χ1n) is 5.73. The Morgan fingerprint density at radius 3 is 2.83 bits per heavy atom. The van der Waals surface area contributed by atoms with Crippen molar-refractivity contribution in [3.05, 3.63) is 23.7 Å². The van der Waals surface area contributed by atoms with Crippen LogP contribution in [0.15, 0.2) is 16.7 Å². The average Bonchev–Trinajstić information content (AvgIpc) is 2.73. The highest BCUT2D eigenvalue weighted by molar-refractivity contribution is 6.06. The van der Waals surface area contributed by atoms with E-state index < -0.39 is 23.8 Å². The van der Waals surface area contributed by atoms with Crippen LogP contribution in [0.1, 0.15) is 29.5 Å². The van der Waals surface area contributed by atoms with E-state index in [1.165, 1.54) is 11.2 Å². The van der Waals surface area contributed by atoms with Crippen LogP contribution in [0.4, 0.5) is 0 Å². The number of furan rings is 1. The smallest absolute Gasteiger partial charge is 0.290 e. The zero-order valence-corrected chi connectivity index (χ0v) is 10.2. The molecular formula is C12H14N2O4. The summed E-state index contributed by atoms with van der Waals surface area (Å²) in [5.41, 5.74) is 0.688. The molecule has 0 saturated carbocycles. The Balaban J connectivity index is 2.30. The molecule has 1 aromatic rings. The van der Waals surface area contributed by atoms with E-state index in [9.17, 15) is 14.4 Å². The van der Waals surface area contributed by atoms with Crippen LogP contribution in [0.2, 0.25) is 0 Å². The van der Waals surface area contributed by atoms with E-state index in [2.05, 4.69) is 5.32 Å². The lowest BCUT2D eigenvalue weighted by atomic mass is 10.1. The lowest BCUT2D eigenvalue weighted by Crippen LogP contribution is -2.59. The summed E-state index contributed by atoms with van der Waals surface area (Å²) in [7, 11) is 0. The summed E-state index contributed by atoms with van der Waals surface area (Å²) in [5.74, 6) is -1.16. The Labute approximate surface area is 104 Å². The number of piperazine rings is 1. The third-order valence-electron chi connectivity index (χ3n) is 2.96. The summed E-state index contributed by atoms with van der Waals surface area (Å²) in [6.45, 7) is 3.40. The minimum atomic E-state index is -0.625. The molecule has 0 spiro atoms. The summed E-state index contributed by atoms with van der Waals surface area (Å²) < 4.78 is 5.11. The van der Waals surface area contributed by atoms with Crippen molar-refractivity contribution < 1.29 is 18.8 Å². The molecule has 1 aliphatic rings. The number of nitrogens with one attached hydrogen (secondary N) is 1. The Hall–Kier alpha value is -2.11. The zero-order valence-electron chi connectivity index (χ0n) is 10.2. The van der Waals surface area contributed by atoms with Gasteiger partial charge in [-0.3, -0.25) is 19.7 Å². The molecule has 6 nitrogen and oxygen atoms in total. The fraction of sp³-hybridized carbons (Fsp3) is 0.417. The first-order chi connectivity index (χ1) is 8.54. The van der Waals surface area contributed by atoms with Gasteiger partial charge in [0.2, 0.25) is 11.8 Å². The number of aryl methyl sites for hydroxylation is 1. The maximum absolute atomic E-state index is 12.2. The van der Waals surface area contributed by atoms with Gasteiger partial charge in [-0.2, -0.15) is 0 Å². The van der Waals surface area contributed by atoms with Crippen LogP contribution in [0.25, 0.3) is 0 Å². The van der Waals surface area contributed by atoms with Crippen molar-refractivity contribution in [2.75, 3.05) is 6.54 Å². The van der Waals surface area contributed by atoms with Crippen LogP contribution in [-0.2, 0) is 9.59 Å². The molecule has 0 aromatic carbocycles. The van der Waals surface area contributed by atoms with Crippen LogP contribution in [0.5, 0.6) is 0 Å². The summed E-state index contributed by atoms with van der Waals surface area (Å²) in [5, 5.41) is 2.22. The van der Waals surface area contributed by atoms with Gasteiger partial charge in [0, 0.05) is 5.56 Å². The van der Waals surface area contributed by atoms with E-state index in [1.54, 1.807) is 19.9 Å². The van der Waals surface area contributed by atoms with E-state index in [1.807, 2.05) is 0 Å². The summed E-state index contributed by atoms with van der Waals surface area (Å²) >= 11 is 0. The van der Waals surface area contributed by atoms with Gasteiger partial charge >= 0.3 is 0 Å². The number of amides is 3. The lowest BCUT2D eigenvalue weighted by molar-refractivity contribution is -0.138. The van der Waals surface area contributed by atoms with Crippen molar-refractivity contribution in [3.63, 3.8) is 0 Å². The Kier molecular flexibility index (Phi) is 3.18. The fourth-order valence-electron chi connectivity index (χ4n) is 2.01. The minimum Gasteiger partial charge on any atom is -0.459 e.